The second kappa shape index (κ2) is 8.36. The first-order valence-corrected chi connectivity index (χ1v) is 10.4. The van der Waals surface area contributed by atoms with Gasteiger partial charge < -0.3 is 5.73 Å². The van der Waals surface area contributed by atoms with Gasteiger partial charge in [0.1, 0.15) is 0 Å². The number of nitrogens with two attached hydrogens (primary N) is 1. The summed E-state index contributed by atoms with van der Waals surface area (Å²) in [6.07, 6.45) is 16.6. The number of allylic oxidation sites excluding steroid dienone is 2. The third-order valence-electron chi connectivity index (χ3n) is 6.50. The predicted octanol–water partition coefficient (Wildman–Crippen LogP) is 6.50. The fourth-order valence-electron chi connectivity index (χ4n) is 4.91. The van der Waals surface area contributed by atoms with E-state index in [4.69, 9.17) is 5.73 Å². The molecule has 1 saturated carbocycles. The quantitative estimate of drug-likeness (QED) is 0.589. The van der Waals surface area contributed by atoms with E-state index in [0.29, 0.717) is 5.92 Å². The summed E-state index contributed by atoms with van der Waals surface area (Å²) in [7, 11) is 0. The van der Waals surface area contributed by atoms with Gasteiger partial charge >= 0.3 is 0 Å². The molecule has 2 N–H and O–H groups in total. The fraction of sp³-hybridized carbons (Fsp3) is 0.583. The molecule has 0 radical (unpaired) electrons. The summed E-state index contributed by atoms with van der Waals surface area (Å²) >= 11 is 0. The molecular weight excluding hydrogens is 302 g/mol. The van der Waals surface area contributed by atoms with Crippen molar-refractivity contribution in [1.82, 2.24) is 0 Å². The molecule has 0 heterocycles. The van der Waals surface area contributed by atoms with Crippen LogP contribution in [0.3, 0.4) is 0 Å². The predicted molar refractivity (Wildman–Crippen MR) is 109 cm³/mol. The highest BCUT2D eigenvalue weighted by atomic mass is 14.8. The van der Waals surface area contributed by atoms with Crippen LogP contribution in [0.2, 0.25) is 0 Å². The van der Waals surface area contributed by atoms with E-state index in [9.17, 15) is 0 Å². The minimum Gasteiger partial charge on any atom is -0.321 e. The average Bonchev–Trinajstić information content (AvgIpc) is 2.63. The standard InChI is InChI=1S/C24H35N/c1-3-4-6-9-20-12-14-22(15-13-20)24(25)17-16-23(19(2)18-24)21-10-7-5-8-11-21/h5,7-8,10-11,16-17,20,22H,3-4,6,9,12-15,18,25H2,1-2H3. The lowest BCUT2D eigenvalue weighted by Crippen LogP contribution is -2.48. The lowest BCUT2D eigenvalue weighted by atomic mass is 9.67. The van der Waals surface area contributed by atoms with E-state index in [1.165, 1.54) is 68.1 Å². The van der Waals surface area contributed by atoms with Crippen molar-refractivity contribution in [2.75, 3.05) is 0 Å². The molecule has 25 heavy (non-hydrogen) atoms. The minimum atomic E-state index is -0.128. The Labute approximate surface area is 154 Å². The van der Waals surface area contributed by atoms with Crippen molar-refractivity contribution in [1.29, 1.82) is 0 Å². The zero-order chi connectivity index (χ0) is 17.7. The molecule has 1 atom stereocenters. The van der Waals surface area contributed by atoms with Gasteiger partial charge in [-0.25, -0.2) is 0 Å². The summed E-state index contributed by atoms with van der Waals surface area (Å²) in [5.41, 5.74) is 10.9. The number of unbranched alkanes of at least 4 members (excludes halogenated alkanes) is 2. The molecule has 1 nitrogen and oxygen atoms in total. The van der Waals surface area contributed by atoms with Crippen LogP contribution in [-0.2, 0) is 0 Å². The molecule has 0 aliphatic heterocycles. The molecule has 2 aliphatic rings. The van der Waals surface area contributed by atoms with Gasteiger partial charge in [-0.3, -0.25) is 0 Å². The highest BCUT2D eigenvalue weighted by Gasteiger charge is 2.37. The van der Waals surface area contributed by atoms with Gasteiger partial charge in [-0.15, -0.1) is 0 Å². The Morgan fingerprint density at radius 3 is 2.40 bits per heavy atom. The molecule has 0 bridgehead atoms. The normalized spacial score (nSPS) is 29.9. The van der Waals surface area contributed by atoms with Crippen LogP contribution < -0.4 is 5.73 Å². The second-order valence-corrected chi connectivity index (χ2v) is 8.40. The number of hydrogen-bond acceptors (Lipinski definition) is 1. The van der Waals surface area contributed by atoms with Gasteiger partial charge in [0.2, 0.25) is 0 Å². The van der Waals surface area contributed by atoms with Crippen molar-refractivity contribution in [3.8, 4) is 0 Å². The Bertz CT molecular complexity index is 604. The maximum Gasteiger partial charge on any atom is 0.0408 e. The van der Waals surface area contributed by atoms with E-state index in [-0.39, 0.29) is 5.54 Å². The lowest BCUT2D eigenvalue weighted by Gasteiger charge is -2.42. The molecule has 2 aliphatic carbocycles. The molecule has 136 valence electrons. The fourth-order valence-corrected chi connectivity index (χ4v) is 4.91. The average molecular weight is 338 g/mol. The second-order valence-electron chi connectivity index (χ2n) is 8.40. The number of benzene rings is 1. The van der Waals surface area contributed by atoms with Crippen LogP contribution >= 0.6 is 0 Å². The molecule has 1 aromatic carbocycles. The van der Waals surface area contributed by atoms with Gasteiger partial charge in [0.05, 0.1) is 0 Å². The van der Waals surface area contributed by atoms with Gasteiger partial charge in [0.15, 0.2) is 0 Å². The maximum atomic E-state index is 6.91. The topological polar surface area (TPSA) is 26.0 Å². The summed E-state index contributed by atoms with van der Waals surface area (Å²) in [5.74, 6) is 1.61. The van der Waals surface area contributed by atoms with Crippen molar-refractivity contribution in [2.24, 2.45) is 17.6 Å². The Kier molecular flexibility index (Phi) is 6.17. The molecule has 1 aromatic rings. The lowest BCUT2D eigenvalue weighted by molar-refractivity contribution is 0.194. The summed E-state index contributed by atoms with van der Waals surface area (Å²) in [6, 6.07) is 10.7. The van der Waals surface area contributed by atoms with Gasteiger partial charge in [-0.2, -0.15) is 0 Å². The smallest absolute Gasteiger partial charge is 0.0408 e. The third-order valence-corrected chi connectivity index (χ3v) is 6.50. The van der Waals surface area contributed by atoms with Gasteiger partial charge in [0.25, 0.3) is 0 Å². The van der Waals surface area contributed by atoms with Crippen LogP contribution in [-0.4, -0.2) is 5.54 Å². The van der Waals surface area contributed by atoms with Crippen molar-refractivity contribution in [3.63, 3.8) is 0 Å². The molecule has 0 spiro atoms. The number of hydrogen-bond donors (Lipinski definition) is 1. The molecule has 1 fully saturated rings. The van der Waals surface area contributed by atoms with Crippen molar-refractivity contribution in [2.45, 2.75) is 77.2 Å². The van der Waals surface area contributed by atoms with Crippen molar-refractivity contribution in [3.05, 3.63) is 53.6 Å². The van der Waals surface area contributed by atoms with Crippen LogP contribution in [0.4, 0.5) is 0 Å². The first-order valence-electron chi connectivity index (χ1n) is 10.4. The van der Waals surface area contributed by atoms with Crippen LogP contribution in [0.5, 0.6) is 0 Å². The summed E-state index contributed by atoms with van der Waals surface area (Å²) in [4.78, 5) is 0. The van der Waals surface area contributed by atoms with Crippen LogP contribution in [0.25, 0.3) is 5.57 Å². The first kappa shape index (κ1) is 18.5. The van der Waals surface area contributed by atoms with Gasteiger partial charge in [-0.1, -0.05) is 93.5 Å². The van der Waals surface area contributed by atoms with Gasteiger partial charge in [0, 0.05) is 5.54 Å². The van der Waals surface area contributed by atoms with Crippen LogP contribution in [0, 0.1) is 11.8 Å². The molecule has 0 aromatic heterocycles. The third kappa shape index (κ3) is 4.44. The zero-order valence-electron chi connectivity index (χ0n) is 16.1. The van der Waals surface area contributed by atoms with Gasteiger partial charge in [-0.05, 0) is 49.2 Å². The number of rotatable bonds is 6. The Morgan fingerprint density at radius 2 is 1.76 bits per heavy atom. The van der Waals surface area contributed by atoms with Crippen molar-refractivity contribution >= 4 is 5.57 Å². The SMILES string of the molecule is CCCCCC1CCC(C2(N)C=CC(c3ccccc3)=C(C)C2)CC1. The molecule has 0 amide bonds. The highest BCUT2D eigenvalue weighted by molar-refractivity contribution is 5.78. The van der Waals surface area contributed by atoms with E-state index < -0.39 is 0 Å². The summed E-state index contributed by atoms with van der Waals surface area (Å²) < 4.78 is 0. The summed E-state index contributed by atoms with van der Waals surface area (Å²) in [5, 5.41) is 0. The Hall–Kier alpha value is -1.34. The van der Waals surface area contributed by atoms with E-state index >= 15 is 0 Å². The minimum absolute atomic E-state index is 0.128. The van der Waals surface area contributed by atoms with Crippen LogP contribution in [0.1, 0.15) is 77.2 Å². The molecule has 3 rings (SSSR count). The molecule has 1 unspecified atom stereocenters. The monoisotopic (exact) mass is 337 g/mol. The first-order chi connectivity index (χ1) is 12.1. The van der Waals surface area contributed by atoms with E-state index in [1.807, 2.05) is 0 Å². The van der Waals surface area contributed by atoms with Crippen LogP contribution in [0.15, 0.2) is 48.1 Å². The maximum absolute atomic E-state index is 6.91. The Balaban J connectivity index is 1.60. The largest absolute Gasteiger partial charge is 0.321 e. The van der Waals surface area contributed by atoms with E-state index in [2.05, 4.69) is 56.3 Å². The van der Waals surface area contributed by atoms with Crippen molar-refractivity contribution < 1.29 is 0 Å². The summed E-state index contributed by atoms with van der Waals surface area (Å²) in [6.45, 7) is 4.56. The molecule has 0 saturated heterocycles. The molecular formula is C24H35N. The van der Waals surface area contributed by atoms with E-state index in [1.54, 1.807) is 0 Å². The highest BCUT2D eigenvalue weighted by Crippen LogP contribution is 2.42. The van der Waals surface area contributed by atoms with E-state index in [0.717, 1.165) is 12.3 Å². The Morgan fingerprint density at radius 1 is 1.04 bits per heavy atom. The molecule has 1 heteroatoms. The zero-order valence-corrected chi connectivity index (χ0v) is 16.1.